The molecule has 0 saturated carbocycles. The lowest BCUT2D eigenvalue weighted by Gasteiger charge is -2.27. The zero-order valence-corrected chi connectivity index (χ0v) is 16.4. The molecule has 0 aliphatic rings. The Kier molecular flexibility index (Phi) is 8.72. The Bertz CT molecular complexity index is 699. The summed E-state index contributed by atoms with van der Waals surface area (Å²) in [5.41, 5.74) is 2.07. The summed E-state index contributed by atoms with van der Waals surface area (Å²) in [6.45, 7) is 11.5. The number of benzene rings is 1. The molecule has 5 heteroatoms. The molecular formula is C22H31FN2O2. The molecule has 0 aliphatic heterocycles. The predicted molar refractivity (Wildman–Crippen MR) is 107 cm³/mol. The summed E-state index contributed by atoms with van der Waals surface area (Å²) in [7, 11) is 0. The Hall–Kier alpha value is -1.95. The van der Waals surface area contributed by atoms with Gasteiger partial charge in [0.25, 0.3) is 0 Å². The first-order valence-corrected chi connectivity index (χ1v) is 9.45. The van der Waals surface area contributed by atoms with Crippen molar-refractivity contribution in [2.24, 2.45) is 5.92 Å². The molecule has 0 fully saturated rings. The standard InChI is InChI=1S/C22H31FN2O2/c1-4-11-27-17-22(26)16-24(13-18(2)3)15-21-9-6-10-25(21)14-19-7-5-8-20(23)12-19/h4-10,12,18,22,26H,1,11,13-17H2,2-3H3/t22-/m1/s1. The molecule has 2 rings (SSSR count). The lowest BCUT2D eigenvalue weighted by molar-refractivity contribution is 0.0219. The van der Waals surface area contributed by atoms with Crippen molar-refractivity contribution in [3.8, 4) is 0 Å². The maximum Gasteiger partial charge on any atom is 0.123 e. The van der Waals surface area contributed by atoms with Crippen LogP contribution in [0.5, 0.6) is 0 Å². The number of aromatic nitrogens is 1. The molecule has 2 aromatic rings. The molecule has 1 N–H and O–H groups in total. The summed E-state index contributed by atoms with van der Waals surface area (Å²) >= 11 is 0. The monoisotopic (exact) mass is 374 g/mol. The van der Waals surface area contributed by atoms with Crippen LogP contribution in [0.4, 0.5) is 4.39 Å². The molecule has 1 aromatic heterocycles. The number of ether oxygens (including phenoxy) is 1. The molecule has 0 aliphatic carbocycles. The summed E-state index contributed by atoms with van der Waals surface area (Å²) < 4.78 is 20.9. The van der Waals surface area contributed by atoms with Crippen molar-refractivity contribution in [2.75, 3.05) is 26.3 Å². The number of halogens is 1. The largest absolute Gasteiger partial charge is 0.389 e. The molecule has 0 radical (unpaired) electrons. The molecule has 0 amide bonds. The van der Waals surface area contributed by atoms with Gasteiger partial charge in [0, 0.05) is 38.1 Å². The van der Waals surface area contributed by atoms with Gasteiger partial charge in [0.15, 0.2) is 0 Å². The van der Waals surface area contributed by atoms with E-state index in [1.54, 1.807) is 18.2 Å². The molecule has 4 nitrogen and oxygen atoms in total. The quantitative estimate of drug-likeness (QED) is 0.455. The smallest absolute Gasteiger partial charge is 0.123 e. The SMILES string of the molecule is C=CCOC[C@H](O)CN(Cc1cccn1Cc1cccc(F)c1)CC(C)C. The van der Waals surface area contributed by atoms with Crippen LogP contribution in [0.3, 0.4) is 0 Å². The lowest BCUT2D eigenvalue weighted by Crippen LogP contribution is -2.37. The first-order valence-electron chi connectivity index (χ1n) is 9.45. The zero-order valence-electron chi connectivity index (χ0n) is 16.4. The van der Waals surface area contributed by atoms with Crippen molar-refractivity contribution in [3.05, 3.63) is 72.3 Å². The van der Waals surface area contributed by atoms with Crippen LogP contribution in [-0.2, 0) is 17.8 Å². The van der Waals surface area contributed by atoms with E-state index >= 15 is 0 Å². The fourth-order valence-electron chi connectivity index (χ4n) is 3.17. The first-order chi connectivity index (χ1) is 13.0. The van der Waals surface area contributed by atoms with Gasteiger partial charge in [-0.1, -0.05) is 32.1 Å². The third kappa shape index (κ3) is 7.67. The highest BCUT2D eigenvalue weighted by Gasteiger charge is 2.15. The Labute approximate surface area is 161 Å². The van der Waals surface area contributed by atoms with Gasteiger partial charge in [0.05, 0.1) is 19.3 Å². The van der Waals surface area contributed by atoms with E-state index in [4.69, 9.17) is 4.74 Å². The average molecular weight is 375 g/mol. The van der Waals surface area contributed by atoms with Gasteiger partial charge in [-0.2, -0.15) is 0 Å². The molecule has 27 heavy (non-hydrogen) atoms. The number of nitrogens with zero attached hydrogens (tertiary/aromatic N) is 2. The predicted octanol–water partition coefficient (Wildman–Crippen LogP) is 3.70. The fourth-order valence-corrected chi connectivity index (χ4v) is 3.17. The van der Waals surface area contributed by atoms with Crippen molar-refractivity contribution in [2.45, 2.75) is 33.0 Å². The zero-order chi connectivity index (χ0) is 19.6. The van der Waals surface area contributed by atoms with Crippen LogP contribution in [0.15, 0.2) is 55.3 Å². The van der Waals surface area contributed by atoms with Crippen molar-refractivity contribution in [1.29, 1.82) is 0 Å². The van der Waals surface area contributed by atoms with E-state index < -0.39 is 6.10 Å². The second-order valence-corrected chi connectivity index (χ2v) is 7.33. The third-order valence-corrected chi connectivity index (χ3v) is 4.19. The second kappa shape index (κ2) is 11.0. The maximum absolute atomic E-state index is 13.5. The molecule has 0 unspecified atom stereocenters. The topological polar surface area (TPSA) is 37.6 Å². The minimum absolute atomic E-state index is 0.217. The first kappa shape index (κ1) is 21.4. The Morgan fingerprint density at radius 1 is 1.26 bits per heavy atom. The molecular weight excluding hydrogens is 343 g/mol. The van der Waals surface area contributed by atoms with Crippen molar-refractivity contribution in [1.82, 2.24) is 9.47 Å². The van der Waals surface area contributed by atoms with Crippen molar-refractivity contribution < 1.29 is 14.2 Å². The highest BCUT2D eigenvalue weighted by Crippen LogP contribution is 2.13. The Morgan fingerprint density at radius 3 is 2.78 bits per heavy atom. The van der Waals surface area contributed by atoms with Crippen LogP contribution in [0.25, 0.3) is 0 Å². The van der Waals surface area contributed by atoms with E-state index in [0.717, 1.165) is 24.3 Å². The number of rotatable bonds is 12. The van der Waals surface area contributed by atoms with Gasteiger partial charge in [0.2, 0.25) is 0 Å². The maximum atomic E-state index is 13.5. The molecule has 1 aromatic carbocycles. The van der Waals surface area contributed by atoms with Gasteiger partial charge >= 0.3 is 0 Å². The van der Waals surface area contributed by atoms with Crippen molar-refractivity contribution >= 4 is 0 Å². The minimum Gasteiger partial charge on any atom is -0.389 e. The van der Waals surface area contributed by atoms with E-state index in [1.165, 1.54) is 6.07 Å². The molecule has 0 saturated heterocycles. The summed E-state index contributed by atoms with van der Waals surface area (Å²) in [5.74, 6) is 0.267. The van der Waals surface area contributed by atoms with Crippen molar-refractivity contribution in [3.63, 3.8) is 0 Å². The molecule has 148 valence electrons. The van der Waals surface area contributed by atoms with Gasteiger partial charge in [-0.15, -0.1) is 6.58 Å². The highest BCUT2D eigenvalue weighted by molar-refractivity contribution is 5.18. The number of aliphatic hydroxyl groups is 1. The molecule has 0 bridgehead atoms. The van der Waals surface area contributed by atoms with Crippen LogP contribution < -0.4 is 0 Å². The van der Waals surface area contributed by atoms with Gasteiger partial charge < -0.3 is 14.4 Å². The van der Waals surface area contributed by atoms with Crippen LogP contribution in [0, 0.1) is 11.7 Å². The van der Waals surface area contributed by atoms with E-state index in [-0.39, 0.29) is 5.82 Å². The molecule has 1 atom stereocenters. The number of hydrogen-bond acceptors (Lipinski definition) is 3. The normalized spacial score (nSPS) is 12.7. The summed E-state index contributed by atoms with van der Waals surface area (Å²) in [5, 5.41) is 10.3. The van der Waals surface area contributed by atoms with Crippen LogP contribution >= 0.6 is 0 Å². The van der Waals surface area contributed by atoms with Crippen LogP contribution in [-0.4, -0.2) is 47.0 Å². The lowest BCUT2D eigenvalue weighted by atomic mass is 10.2. The Balaban J connectivity index is 2.02. The fraction of sp³-hybridized carbons (Fsp3) is 0.455. The van der Waals surface area contributed by atoms with Gasteiger partial charge in [0.1, 0.15) is 5.82 Å². The van der Waals surface area contributed by atoms with E-state index in [1.807, 2.05) is 18.3 Å². The summed E-state index contributed by atoms with van der Waals surface area (Å²) in [6.07, 6.45) is 3.14. The van der Waals surface area contributed by atoms with E-state index in [0.29, 0.717) is 32.2 Å². The molecule has 0 spiro atoms. The molecule has 1 heterocycles. The van der Waals surface area contributed by atoms with E-state index in [2.05, 4.69) is 36.0 Å². The average Bonchev–Trinajstić information content (AvgIpc) is 3.01. The van der Waals surface area contributed by atoms with Crippen LogP contribution in [0.2, 0.25) is 0 Å². The second-order valence-electron chi connectivity index (χ2n) is 7.33. The summed E-state index contributed by atoms with van der Waals surface area (Å²) in [6, 6.07) is 10.8. The van der Waals surface area contributed by atoms with Gasteiger partial charge in [-0.25, -0.2) is 4.39 Å². The Morgan fingerprint density at radius 2 is 2.07 bits per heavy atom. The highest BCUT2D eigenvalue weighted by atomic mass is 19.1. The van der Waals surface area contributed by atoms with Crippen LogP contribution in [0.1, 0.15) is 25.1 Å². The van der Waals surface area contributed by atoms with Gasteiger partial charge in [-0.05, 0) is 35.7 Å². The summed E-state index contributed by atoms with van der Waals surface area (Å²) in [4.78, 5) is 2.24. The number of hydrogen-bond donors (Lipinski definition) is 1. The third-order valence-electron chi connectivity index (χ3n) is 4.19. The number of aliphatic hydroxyl groups excluding tert-OH is 1. The van der Waals surface area contributed by atoms with Gasteiger partial charge in [-0.3, -0.25) is 4.90 Å². The van der Waals surface area contributed by atoms with E-state index in [9.17, 15) is 9.50 Å². The minimum atomic E-state index is -0.546.